The van der Waals surface area contributed by atoms with E-state index in [2.05, 4.69) is 12.8 Å². The van der Waals surface area contributed by atoms with Crippen LogP contribution in [0.1, 0.15) is 25.7 Å². The van der Waals surface area contributed by atoms with Crippen LogP contribution >= 0.6 is 0 Å². The van der Waals surface area contributed by atoms with Crippen molar-refractivity contribution in [1.82, 2.24) is 0 Å². The first-order chi connectivity index (χ1) is 3.00. The highest BCUT2D eigenvalue weighted by Crippen LogP contribution is 2.13. The molecular weight excluding hydrogens is 72.1 g/mol. The van der Waals surface area contributed by atoms with Crippen LogP contribution < -0.4 is 0 Å². The fraction of sp³-hybridized carbons (Fsp3) is 0.667. The molecule has 0 heterocycles. The molecule has 1 aliphatic carbocycles. The van der Waals surface area contributed by atoms with Crippen molar-refractivity contribution in [2.45, 2.75) is 25.7 Å². The summed E-state index contributed by atoms with van der Waals surface area (Å²) in [5, 5.41) is 0. The Hall–Kier alpha value is -0.130. The van der Waals surface area contributed by atoms with Gasteiger partial charge in [-0.2, -0.15) is 0 Å². The number of rotatable bonds is 0. The van der Waals surface area contributed by atoms with E-state index in [0.717, 1.165) is 0 Å². The van der Waals surface area contributed by atoms with Gasteiger partial charge in [-0.25, -0.2) is 0 Å². The number of hydrogen-bond donors (Lipinski definition) is 0. The van der Waals surface area contributed by atoms with Crippen LogP contribution in [0.2, 0.25) is 0 Å². The Balaban J connectivity index is 2.00. The average molecular weight is 82.1 g/mol. The Kier molecular flexibility index (Phi) is 1.43. The van der Waals surface area contributed by atoms with Crippen molar-refractivity contribution in [3.05, 3.63) is 12.8 Å². The molecule has 33 valence electrons. The zero-order valence-electron chi connectivity index (χ0n) is 3.98. The molecule has 0 amide bonds. The van der Waals surface area contributed by atoms with E-state index in [1.807, 2.05) is 0 Å². The van der Waals surface area contributed by atoms with Crippen LogP contribution in [0.5, 0.6) is 0 Å². The van der Waals surface area contributed by atoms with Crippen molar-refractivity contribution >= 4 is 0 Å². The Morgan fingerprint density at radius 3 is 2.50 bits per heavy atom. The molecule has 0 N–H and O–H groups in total. The minimum atomic E-state index is 1.32. The Morgan fingerprint density at radius 1 is 1.33 bits per heavy atom. The summed E-state index contributed by atoms with van der Waals surface area (Å²) in [5.41, 5.74) is 0. The normalized spacial score (nSPS) is 22.7. The summed E-state index contributed by atoms with van der Waals surface area (Å²) in [6.07, 6.45) is 10.0. The summed E-state index contributed by atoms with van der Waals surface area (Å²) >= 11 is 0. The van der Waals surface area contributed by atoms with E-state index in [1.165, 1.54) is 25.7 Å². The van der Waals surface area contributed by atoms with Gasteiger partial charge in [0, 0.05) is 0 Å². The second-order valence-electron chi connectivity index (χ2n) is 1.76. The first-order valence-corrected chi connectivity index (χ1v) is 2.65. The molecule has 0 aromatic rings. The van der Waals surface area contributed by atoms with Crippen LogP contribution in [0.15, 0.2) is 0 Å². The molecule has 1 saturated carbocycles. The lowest BCUT2D eigenvalue weighted by Crippen LogP contribution is -1.88. The third-order valence-corrected chi connectivity index (χ3v) is 1.16. The quantitative estimate of drug-likeness (QED) is 0.392. The largest absolute Gasteiger partial charge is 0.140 e. The lowest BCUT2D eigenvalue weighted by molar-refractivity contribution is 0.670. The summed E-state index contributed by atoms with van der Waals surface area (Å²) < 4.78 is 0. The summed E-state index contributed by atoms with van der Waals surface area (Å²) in [6, 6.07) is 0. The molecule has 0 aliphatic heterocycles. The van der Waals surface area contributed by atoms with Gasteiger partial charge in [0.25, 0.3) is 0 Å². The van der Waals surface area contributed by atoms with E-state index in [-0.39, 0.29) is 0 Å². The highest BCUT2D eigenvalue weighted by molar-refractivity contribution is 4.86. The van der Waals surface area contributed by atoms with Crippen molar-refractivity contribution in [3.63, 3.8) is 0 Å². The number of hydrogen-bond acceptors (Lipinski definition) is 0. The molecule has 0 unspecified atom stereocenters. The van der Waals surface area contributed by atoms with Crippen molar-refractivity contribution in [2.75, 3.05) is 0 Å². The molecule has 1 aliphatic rings. The topological polar surface area (TPSA) is 0 Å². The molecule has 1 rings (SSSR count). The zero-order valence-corrected chi connectivity index (χ0v) is 3.98. The van der Waals surface area contributed by atoms with Gasteiger partial charge in [-0.05, 0) is 19.3 Å². The van der Waals surface area contributed by atoms with Crippen LogP contribution in [0.3, 0.4) is 0 Å². The Bertz CT molecular complexity index is 15.5. The second-order valence-corrected chi connectivity index (χ2v) is 1.76. The van der Waals surface area contributed by atoms with Gasteiger partial charge in [0.15, 0.2) is 0 Å². The lowest BCUT2D eigenvalue weighted by atomic mass is 10.0. The molecule has 0 bridgehead atoms. The van der Waals surface area contributed by atoms with Gasteiger partial charge in [0.1, 0.15) is 6.42 Å². The summed E-state index contributed by atoms with van der Waals surface area (Å²) in [4.78, 5) is 0. The molecule has 6 heavy (non-hydrogen) atoms. The fourth-order valence-corrected chi connectivity index (χ4v) is 0.760. The molecule has 0 nitrogen and oxygen atoms in total. The van der Waals surface area contributed by atoms with E-state index >= 15 is 0 Å². The van der Waals surface area contributed by atoms with Gasteiger partial charge in [0.2, 0.25) is 0 Å². The highest BCUT2D eigenvalue weighted by atomic mass is 14.0. The van der Waals surface area contributed by atoms with E-state index in [4.69, 9.17) is 0 Å². The summed E-state index contributed by atoms with van der Waals surface area (Å²) in [6.45, 7) is 0. The average Bonchev–Trinajstić information content (AvgIpc) is 1.72. The second kappa shape index (κ2) is 2.12. The van der Waals surface area contributed by atoms with Gasteiger partial charge in [-0.3, -0.25) is 0 Å². The maximum absolute atomic E-state index is 2.27. The van der Waals surface area contributed by atoms with Crippen molar-refractivity contribution in [3.8, 4) is 0 Å². The van der Waals surface area contributed by atoms with E-state index in [1.54, 1.807) is 0 Å². The van der Waals surface area contributed by atoms with Crippen molar-refractivity contribution in [1.29, 1.82) is 0 Å². The summed E-state index contributed by atoms with van der Waals surface area (Å²) in [7, 11) is 0. The van der Waals surface area contributed by atoms with Gasteiger partial charge in [-0.15, -0.1) is 0 Å². The third-order valence-electron chi connectivity index (χ3n) is 1.16. The first kappa shape index (κ1) is 4.04. The van der Waals surface area contributed by atoms with Crippen LogP contribution in [0, 0.1) is 12.8 Å². The predicted octanol–water partition coefficient (Wildman–Crippen LogP) is 1.97. The Labute approximate surface area is 39.6 Å². The molecule has 0 saturated heterocycles. The van der Waals surface area contributed by atoms with Gasteiger partial charge < -0.3 is 0 Å². The van der Waals surface area contributed by atoms with Crippen molar-refractivity contribution < 1.29 is 0 Å². The molecule has 1 radical (unpaired) electrons. The molecule has 0 spiro atoms. The van der Waals surface area contributed by atoms with Crippen LogP contribution in [0.4, 0.5) is 0 Å². The molecule has 0 aromatic heterocycles. The molecule has 0 atom stereocenters. The van der Waals surface area contributed by atoms with Crippen LogP contribution in [0.25, 0.3) is 0 Å². The predicted molar refractivity (Wildman–Crippen MR) is 27.1 cm³/mol. The smallest absolute Gasteiger partial charge is 0.0447 e. The zero-order chi connectivity index (χ0) is 4.24. The maximum Gasteiger partial charge on any atom is 0.140 e. The van der Waals surface area contributed by atoms with E-state index in [0.29, 0.717) is 0 Å². The molecule has 0 aromatic carbocycles. The van der Waals surface area contributed by atoms with Gasteiger partial charge in [-0.1, -0.05) is 0 Å². The molecule has 1 fully saturated rings. The van der Waals surface area contributed by atoms with Crippen molar-refractivity contribution in [2.24, 2.45) is 0 Å². The van der Waals surface area contributed by atoms with E-state index < -0.39 is 0 Å². The van der Waals surface area contributed by atoms with Crippen LogP contribution in [-0.4, -0.2) is 0 Å². The minimum Gasteiger partial charge on any atom is -0.0447 e. The van der Waals surface area contributed by atoms with Gasteiger partial charge in [0.05, 0.1) is 12.8 Å². The maximum atomic E-state index is 2.27. The lowest BCUT2D eigenvalue weighted by Gasteiger charge is -1.96. The summed E-state index contributed by atoms with van der Waals surface area (Å²) in [5.74, 6) is 0. The fourth-order valence-electron chi connectivity index (χ4n) is 0.760. The van der Waals surface area contributed by atoms with Crippen LogP contribution in [-0.2, 0) is 0 Å². The third kappa shape index (κ3) is 0.925. The Morgan fingerprint density at radius 2 is 2.33 bits per heavy atom. The SMILES string of the molecule is [CH]1[CH+]CCCC1. The van der Waals surface area contributed by atoms with E-state index in [9.17, 15) is 0 Å². The highest BCUT2D eigenvalue weighted by Gasteiger charge is 2.05. The minimum absolute atomic E-state index is 1.32. The van der Waals surface area contributed by atoms with Gasteiger partial charge >= 0.3 is 0 Å². The molecular formula is C6H10+. The molecule has 0 heteroatoms. The monoisotopic (exact) mass is 82.1 g/mol. The first-order valence-electron chi connectivity index (χ1n) is 2.65. The standard InChI is InChI=1S/C6H10/c1-2-4-6-5-3-1/h1-2H,3-6H2/q+1.